The quantitative estimate of drug-likeness (QED) is 0.662. The van der Waals surface area contributed by atoms with Crippen molar-refractivity contribution in [1.82, 2.24) is 5.32 Å². The maximum Gasteiger partial charge on any atom is 0.162 e. The van der Waals surface area contributed by atoms with Crippen LogP contribution in [0.5, 0.6) is 11.5 Å². The predicted octanol–water partition coefficient (Wildman–Crippen LogP) is 3.77. The van der Waals surface area contributed by atoms with Crippen LogP contribution in [0.4, 0.5) is 0 Å². The van der Waals surface area contributed by atoms with E-state index in [1.54, 1.807) is 7.11 Å². The van der Waals surface area contributed by atoms with E-state index in [2.05, 4.69) is 21.2 Å². The van der Waals surface area contributed by atoms with Crippen molar-refractivity contribution < 1.29 is 14.6 Å². The maximum absolute atomic E-state index is 8.83. The Morgan fingerprint density at radius 3 is 2.57 bits per heavy atom. The van der Waals surface area contributed by atoms with Crippen LogP contribution in [-0.2, 0) is 13.2 Å². The number of methoxy groups -OCH3 is 1. The van der Waals surface area contributed by atoms with Gasteiger partial charge in [-0.05, 0) is 35.4 Å². The molecule has 0 heterocycles. The number of nitrogens with one attached hydrogen (secondary N) is 1. The van der Waals surface area contributed by atoms with Crippen LogP contribution in [0.2, 0.25) is 5.02 Å². The summed E-state index contributed by atoms with van der Waals surface area (Å²) in [7, 11) is 1.61. The SMILES string of the molecule is COc1cc(CNCCO)c(Br)cc1OCc1ccc(Cl)cc1. The van der Waals surface area contributed by atoms with Gasteiger partial charge >= 0.3 is 0 Å². The van der Waals surface area contributed by atoms with E-state index in [1.807, 2.05) is 36.4 Å². The van der Waals surface area contributed by atoms with Gasteiger partial charge in [0.25, 0.3) is 0 Å². The van der Waals surface area contributed by atoms with Gasteiger partial charge in [-0.15, -0.1) is 0 Å². The smallest absolute Gasteiger partial charge is 0.162 e. The molecule has 0 amide bonds. The Morgan fingerprint density at radius 2 is 1.91 bits per heavy atom. The molecule has 0 saturated carbocycles. The Bertz CT molecular complexity index is 634. The fourth-order valence-corrected chi connectivity index (χ4v) is 2.62. The molecule has 0 aliphatic carbocycles. The Morgan fingerprint density at radius 1 is 1.17 bits per heavy atom. The third-order valence-electron chi connectivity index (χ3n) is 3.24. The summed E-state index contributed by atoms with van der Waals surface area (Å²) in [6.07, 6.45) is 0. The van der Waals surface area contributed by atoms with Gasteiger partial charge in [0.1, 0.15) is 6.61 Å². The third kappa shape index (κ3) is 5.39. The Labute approximate surface area is 149 Å². The topological polar surface area (TPSA) is 50.7 Å². The van der Waals surface area contributed by atoms with Gasteiger partial charge < -0.3 is 19.9 Å². The van der Waals surface area contributed by atoms with Gasteiger partial charge in [-0.3, -0.25) is 0 Å². The molecule has 6 heteroatoms. The second kappa shape index (κ2) is 9.13. The lowest BCUT2D eigenvalue weighted by Gasteiger charge is -2.14. The first-order valence-corrected chi connectivity index (χ1v) is 8.36. The van der Waals surface area contributed by atoms with E-state index in [0.29, 0.717) is 36.2 Å². The van der Waals surface area contributed by atoms with E-state index in [0.717, 1.165) is 15.6 Å². The summed E-state index contributed by atoms with van der Waals surface area (Å²) in [5.74, 6) is 1.34. The summed E-state index contributed by atoms with van der Waals surface area (Å²) < 4.78 is 12.2. The first-order chi connectivity index (χ1) is 11.1. The first-order valence-electron chi connectivity index (χ1n) is 7.19. The zero-order valence-electron chi connectivity index (χ0n) is 12.8. The number of hydrogen-bond donors (Lipinski definition) is 2. The van der Waals surface area contributed by atoms with Crippen LogP contribution < -0.4 is 14.8 Å². The van der Waals surface area contributed by atoms with Gasteiger partial charge in [-0.1, -0.05) is 39.7 Å². The molecule has 0 atom stereocenters. The lowest BCUT2D eigenvalue weighted by atomic mass is 10.2. The molecule has 0 fully saturated rings. The summed E-state index contributed by atoms with van der Waals surface area (Å²) in [5, 5.41) is 12.7. The van der Waals surface area contributed by atoms with Crippen LogP contribution in [-0.4, -0.2) is 25.4 Å². The highest BCUT2D eigenvalue weighted by atomic mass is 79.9. The summed E-state index contributed by atoms with van der Waals surface area (Å²) in [6, 6.07) is 11.3. The average Bonchev–Trinajstić information content (AvgIpc) is 2.56. The van der Waals surface area contributed by atoms with Gasteiger partial charge in [0, 0.05) is 22.6 Å². The number of aliphatic hydroxyl groups excluding tert-OH is 1. The molecule has 0 radical (unpaired) electrons. The fraction of sp³-hybridized carbons (Fsp3) is 0.294. The highest BCUT2D eigenvalue weighted by Crippen LogP contribution is 2.34. The molecule has 2 N–H and O–H groups in total. The summed E-state index contributed by atoms with van der Waals surface area (Å²) in [6.45, 7) is 1.72. The molecule has 0 unspecified atom stereocenters. The lowest BCUT2D eigenvalue weighted by Crippen LogP contribution is -2.17. The monoisotopic (exact) mass is 399 g/mol. The zero-order valence-corrected chi connectivity index (χ0v) is 15.2. The van der Waals surface area contributed by atoms with E-state index in [4.69, 9.17) is 26.2 Å². The molecule has 0 saturated heterocycles. The number of benzene rings is 2. The van der Waals surface area contributed by atoms with E-state index in [-0.39, 0.29) is 6.61 Å². The largest absolute Gasteiger partial charge is 0.493 e. The number of hydrogen-bond acceptors (Lipinski definition) is 4. The van der Waals surface area contributed by atoms with Crippen LogP contribution >= 0.6 is 27.5 Å². The van der Waals surface area contributed by atoms with Crippen molar-refractivity contribution in [2.75, 3.05) is 20.3 Å². The first kappa shape index (κ1) is 18.1. The molecule has 4 nitrogen and oxygen atoms in total. The normalized spacial score (nSPS) is 10.6. The Kier molecular flexibility index (Phi) is 7.17. The maximum atomic E-state index is 8.83. The van der Waals surface area contributed by atoms with E-state index < -0.39 is 0 Å². The van der Waals surface area contributed by atoms with Gasteiger partial charge in [-0.25, -0.2) is 0 Å². The summed E-state index contributed by atoms with van der Waals surface area (Å²) >= 11 is 9.42. The molecule has 2 rings (SSSR count). The van der Waals surface area contributed by atoms with Crippen molar-refractivity contribution in [3.63, 3.8) is 0 Å². The summed E-state index contributed by atoms with van der Waals surface area (Å²) in [5.41, 5.74) is 2.07. The van der Waals surface area contributed by atoms with E-state index in [1.165, 1.54) is 0 Å². The minimum Gasteiger partial charge on any atom is -0.493 e. The molecule has 0 aromatic heterocycles. The van der Waals surface area contributed by atoms with E-state index in [9.17, 15) is 0 Å². The molecular formula is C17H19BrClNO3. The van der Waals surface area contributed by atoms with Gasteiger partial charge in [0.15, 0.2) is 11.5 Å². The van der Waals surface area contributed by atoms with Crippen molar-refractivity contribution >= 4 is 27.5 Å². The fourth-order valence-electron chi connectivity index (χ4n) is 2.03. The Balaban J connectivity index is 2.08. The molecule has 0 spiro atoms. The van der Waals surface area contributed by atoms with Crippen molar-refractivity contribution in [2.24, 2.45) is 0 Å². The average molecular weight is 401 g/mol. The molecule has 0 aliphatic rings. The molecule has 0 bridgehead atoms. The highest BCUT2D eigenvalue weighted by molar-refractivity contribution is 9.10. The van der Waals surface area contributed by atoms with Crippen molar-refractivity contribution in [3.05, 3.63) is 57.0 Å². The number of ether oxygens (including phenoxy) is 2. The predicted molar refractivity (Wildman–Crippen MR) is 95.3 cm³/mol. The van der Waals surface area contributed by atoms with Crippen LogP contribution in [0.15, 0.2) is 40.9 Å². The molecule has 124 valence electrons. The third-order valence-corrected chi connectivity index (χ3v) is 4.23. The number of aliphatic hydroxyl groups is 1. The number of rotatable bonds is 8. The van der Waals surface area contributed by atoms with Crippen LogP contribution in [0.25, 0.3) is 0 Å². The molecule has 2 aromatic rings. The van der Waals surface area contributed by atoms with Crippen molar-refractivity contribution in [2.45, 2.75) is 13.2 Å². The molecule has 0 aliphatic heterocycles. The molecule has 2 aromatic carbocycles. The van der Waals surface area contributed by atoms with Crippen LogP contribution in [0, 0.1) is 0 Å². The van der Waals surface area contributed by atoms with Gasteiger partial charge in [-0.2, -0.15) is 0 Å². The lowest BCUT2D eigenvalue weighted by molar-refractivity contribution is 0.283. The molecule has 23 heavy (non-hydrogen) atoms. The number of halogens is 2. The second-order valence-electron chi connectivity index (χ2n) is 4.91. The van der Waals surface area contributed by atoms with Crippen LogP contribution in [0.1, 0.15) is 11.1 Å². The zero-order chi connectivity index (χ0) is 16.7. The minimum atomic E-state index is 0.108. The van der Waals surface area contributed by atoms with E-state index >= 15 is 0 Å². The Hall–Kier alpha value is -1.27. The van der Waals surface area contributed by atoms with Crippen LogP contribution in [0.3, 0.4) is 0 Å². The van der Waals surface area contributed by atoms with Crippen molar-refractivity contribution in [3.8, 4) is 11.5 Å². The summed E-state index contributed by atoms with van der Waals surface area (Å²) in [4.78, 5) is 0. The van der Waals surface area contributed by atoms with Gasteiger partial charge in [0.05, 0.1) is 13.7 Å². The second-order valence-corrected chi connectivity index (χ2v) is 6.20. The minimum absolute atomic E-state index is 0.108. The molecular weight excluding hydrogens is 382 g/mol. The van der Waals surface area contributed by atoms with Crippen molar-refractivity contribution in [1.29, 1.82) is 0 Å². The van der Waals surface area contributed by atoms with Gasteiger partial charge in [0.2, 0.25) is 0 Å². The highest BCUT2D eigenvalue weighted by Gasteiger charge is 2.10. The standard InChI is InChI=1S/C17H19BrClNO3/c1-22-16-8-13(10-20-6-7-21)15(18)9-17(16)23-11-12-2-4-14(19)5-3-12/h2-5,8-9,20-21H,6-7,10-11H2,1H3.